The lowest BCUT2D eigenvalue weighted by Crippen LogP contribution is -2.44. The van der Waals surface area contributed by atoms with Crippen molar-refractivity contribution in [2.75, 3.05) is 5.73 Å². The number of halogens is 4. The van der Waals surface area contributed by atoms with Crippen molar-refractivity contribution < 1.29 is 22.7 Å². The standard InChI is InChI=1S/C20H24F4N4O/c1-9(2)17(29)19-27-15(12-5-13(20(22,23)24)18(25)26-7-12)8-28(19)16-6-14(21)10-3-11(16)4-10/h5,7-11,14,16-17,29H,3-4,6H2,1-2H3,(H2,25,26)/t10?,11?,14?,16?,17-/m0/s1. The zero-order valence-corrected chi connectivity index (χ0v) is 16.2. The molecular weight excluding hydrogens is 388 g/mol. The molecule has 3 aliphatic rings. The minimum atomic E-state index is -4.64. The number of anilines is 1. The first-order valence-electron chi connectivity index (χ1n) is 9.80. The Labute approximate surface area is 166 Å². The summed E-state index contributed by atoms with van der Waals surface area (Å²) >= 11 is 0. The Morgan fingerprint density at radius 3 is 2.48 bits per heavy atom. The van der Waals surface area contributed by atoms with E-state index < -0.39 is 29.8 Å². The molecule has 0 amide bonds. The van der Waals surface area contributed by atoms with E-state index in [-0.39, 0.29) is 29.1 Å². The van der Waals surface area contributed by atoms with Crippen LogP contribution in [0.2, 0.25) is 0 Å². The molecule has 3 N–H and O–H groups in total. The molecule has 2 bridgehead atoms. The summed E-state index contributed by atoms with van der Waals surface area (Å²) in [4.78, 5) is 8.12. The normalized spacial score (nSPS) is 27.7. The second-order valence-corrected chi connectivity index (χ2v) is 8.55. The van der Waals surface area contributed by atoms with Gasteiger partial charge in [0.1, 0.15) is 23.9 Å². The number of pyridine rings is 1. The second-order valence-electron chi connectivity index (χ2n) is 8.55. The third kappa shape index (κ3) is 3.49. The molecule has 0 spiro atoms. The molecule has 0 radical (unpaired) electrons. The monoisotopic (exact) mass is 412 g/mol. The smallest absolute Gasteiger partial charge is 0.385 e. The van der Waals surface area contributed by atoms with Crippen LogP contribution in [0.25, 0.3) is 11.3 Å². The van der Waals surface area contributed by atoms with E-state index in [0.717, 1.165) is 18.9 Å². The quantitative estimate of drug-likeness (QED) is 0.723. The maximum atomic E-state index is 14.4. The Hall–Kier alpha value is -2.16. The van der Waals surface area contributed by atoms with Crippen LogP contribution in [0.4, 0.5) is 23.4 Å². The van der Waals surface area contributed by atoms with E-state index in [2.05, 4.69) is 9.97 Å². The van der Waals surface area contributed by atoms with Crippen LogP contribution in [0, 0.1) is 17.8 Å². The summed E-state index contributed by atoms with van der Waals surface area (Å²) in [6.45, 7) is 3.65. The number of nitrogen functional groups attached to an aromatic ring is 1. The molecule has 158 valence electrons. The number of aromatic nitrogens is 3. The Morgan fingerprint density at radius 1 is 1.21 bits per heavy atom. The summed E-state index contributed by atoms with van der Waals surface area (Å²) in [6, 6.07) is 0.752. The molecule has 2 aromatic rings. The molecule has 0 aliphatic heterocycles. The van der Waals surface area contributed by atoms with Crippen LogP contribution in [0.3, 0.4) is 0 Å². The highest BCUT2D eigenvalue weighted by atomic mass is 19.4. The molecule has 5 rings (SSSR count). The molecule has 0 saturated heterocycles. The van der Waals surface area contributed by atoms with E-state index in [1.54, 1.807) is 10.8 Å². The van der Waals surface area contributed by atoms with Crippen LogP contribution < -0.4 is 5.73 Å². The van der Waals surface area contributed by atoms with E-state index in [4.69, 9.17) is 5.73 Å². The molecule has 9 heteroatoms. The number of nitrogens with zero attached hydrogens (tertiary/aromatic N) is 3. The summed E-state index contributed by atoms with van der Waals surface area (Å²) in [5, 5.41) is 10.7. The van der Waals surface area contributed by atoms with E-state index in [9.17, 15) is 22.7 Å². The van der Waals surface area contributed by atoms with Crippen molar-refractivity contribution >= 4 is 5.82 Å². The van der Waals surface area contributed by atoms with Crippen molar-refractivity contribution in [1.29, 1.82) is 0 Å². The van der Waals surface area contributed by atoms with E-state index in [0.29, 0.717) is 18.2 Å². The largest absolute Gasteiger partial charge is 0.419 e. The van der Waals surface area contributed by atoms with Gasteiger partial charge in [-0.15, -0.1) is 0 Å². The predicted octanol–water partition coefficient (Wildman–Crippen LogP) is 4.54. The number of fused-ring (bicyclic) bond motifs is 2. The SMILES string of the molecule is CC(C)[C@H](O)c1nc(-c2cnc(N)c(C(F)(F)F)c2)cn1C1CC(F)C2CC1C2. The van der Waals surface area contributed by atoms with Gasteiger partial charge < -0.3 is 15.4 Å². The van der Waals surface area contributed by atoms with Crippen molar-refractivity contribution in [2.24, 2.45) is 17.8 Å². The summed E-state index contributed by atoms with van der Waals surface area (Å²) in [7, 11) is 0. The second kappa shape index (κ2) is 6.97. The van der Waals surface area contributed by atoms with Gasteiger partial charge in [0.25, 0.3) is 0 Å². The third-order valence-corrected chi connectivity index (χ3v) is 6.27. The third-order valence-electron chi connectivity index (χ3n) is 6.27. The number of imidazole rings is 1. The number of hydrogen-bond donors (Lipinski definition) is 2. The Kier molecular flexibility index (Phi) is 4.83. The van der Waals surface area contributed by atoms with Gasteiger partial charge in [0, 0.05) is 24.0 Å². The number of aliphatic hydroxyl groups is 1. The van der Waals surface area contributed by atoms with Gasteiger partial charge in [-0.3, -0.25) is 0 Å². The number of nitrogens with two attached hydrogens (primary N) is 1. The van der Waals surface area contributed by atoms with Crippen molar-refractivity contribution in [3.05, 3.63) is 29.8 Å². The fourth-order valence-electron chi connectivity index (χ4n) is 4.45. The average Bonchev–Trinajstić information content (AvgIpc) is 3.04. The zero-order chi connectivity index (χ0) is 21.1. The molecule has 3 aliphatic carbocycles. The van der Waals surface area contributed by atoms with Crippen molar-refractivity contribution in [3.8, 4) is 11.3 Å². The summed E-state index contributed by atoms with van der Waals surface area (Å²) in [6.07, 6.45) is -1.70. The molecule has 29 heavy (non-hydrogen) atoms. The van der Waals surface area contributed by atoms with E-state index in [1.165, 1.54) is 6.20 Å². The molecule has 3 atom stereocenters. The van der Waals surface area contributed by atoms with Crippen LogP contribution in [0.5, 0.6) is 0 Å². The molecule has 2 heterocycles. The van der Waals surface area contributed by atoms with Gasteiger partial charge in [0.05, 0.1) is 11.3 Å². The van der Waals surface area contributed by atoms with Gasteiger partial charge >= 0.3 is 6.18 Å². The highest BCUT2D eigenvalue weighted by Gasteiger charge is 2.48. The summed E-state index contributed by atoms with van der Waals surface area (Å²) in [5.74, 6) is -0.00639. The lowest BCUT2D eigenvalue weighted by atomic mass is 9.61. The zero-order valence-electron chi connectivity index (χ0n) is 16.2. The topological polar surface area (TPSA) is 77.0 Å². The minimum Gasteiger partial charge on any atom is -0.385 e. The highest BCUT2D eigenvalue weighted by molar-refractivity contribution is 5.62. The van der Waals surface area contributed by atoms with Crippen molar-refractivity contribution in [3.63, 3.8) is 0 Å². The fourth-order valence-corrected chi connectivity index (χ4v) is 4.45. The Morgan fingerprint density at radius 2 is 1.90 bits per heavy atom. The molecule has 3 saturated carbocycles. The summed E-state index contributed by atoms with van der Waals surface area (Å²) in [5.41, 5.74) is 4.78. The van der Waals surface area contributed by atoms with Crippen LogP contribution in [0.1, 0.15) is 56.6 Å². The van der Waals surface area contributed by atoms with Crippen LogP contribution in [-0.2, 0) is 6.18 Å². The number of rotatable bonds is 4. The molecule has 2 unspecified atom stereocenters. The maximum absolute atomic E-state index is 14.4. The van der Waals surface area contributed by atoms with Gasteiger partial charge in [-0.1, -0.05) is 13.8 Å². The van der Waals surface area contributed by atoms with Gasteiger partial charge in [0.2, 0.25) is 0 Å². The van der Waals surface area contributed by atoms with Crippen LogP contribution in [-0.4, -0.2) is 25.8 Å². The predicted molar refractivity (Wildman–Crippen MR) is 99.4 cm³/mol. The van der Waals surface area contributed by atoms with Gasteiger partial charge in [0.15, 0.2) is 0 Å². The van der Waals surface area contributed by atoms with Crippen molar-refractivity contribution in [1.82, 2.24) is 14.5 Å². The summed E-state index contributed by atoms with van der Waals surface area (Å²) < 4.78 is 55.8. The first-order valence-corrected chi connectivity index (χ1v) is 9.80. The number of hydrogen-bond acceptors (Lipinski definition) is 4. The maximum Gasteiger partial charge on any atom is 0.419 e. The van der Waals surface area contributed by atoms with Crippen LogP contribution >= 0.6 is 0 Å². The van der Waals surface area contributed by atoms with Gasteiger partial charge in [-0.2, -0.15) is 13.2 Å². The highest BCUT2D eigenvalue weighted by Crippen LogP contribution is 2.53. The molecule has 3 fully saturated rings. The first kappa shape index (κ1) is 20.1. The van der Waals surface area contributed by atoms with Crippen LogP contribution in [0.15, 0.2) is 18.5 Å². The Balaban J connectivity index is 1.78. The number of alkyl halides is 4. The van der Waals surface area contributed by atoms with Gasteiger partial charge in [-0.25, -0.2) is 14.4 Å². The molecular formula is C20H24F4N4O. The lowest BCUT2D eigenvalue weighted by molar-refractivity contribution is -0.137. The molecule has 0 aromatic carbocycles. The lowest BCUT2D eigenvalue weighted by Gasteiger charge is -2.49. The molecule has 2 aromatic heterocycles. The average molecular weight is 412 g/mol. The fraction of sp³-hybridized carbons (Fsp3) is 0.600. The van der Waals surface area contributed by atoms with E-state index >= 15 is 0 Å². The first-order chi connectivity index (χ1) is 13.6. The number of aliphatic hydroxyl groups excluding tert-OH is 1. The Bertz CT molecular complexity index is 904. The van der Waals surface area contributed by atoms with Crippen molar-refractivity contribution in [2.45, 2.75) is 57.6 Å². The van der Waals surface area contributed by atoms with Gasteiger partial charge in [-0.05, 0) is 43.1 Å². The van der Waals surface area contributed by atoms with E-state index in [1.807, 2.05) is 13.8 Å². The molecule has 5 nitrogen and oxygen atoms in total. The minimum absolute atomic E-state index is 0.105.